The lowest BCUT2D eigenvalue weighted by atomic mass is 10.3. The molecule has 1 aliphatic heterocycles. The van der Waals surface area contributed by atoms with Gasteiger partial charge in [-0.3, -0.25) is 0 Å². The number of rotatable bonds is 0. The predicted octanol–water partition coefficient (Wildman–Crippen LogP) is 0.534. The number of hydrogen-bond donors (Lipinski definition) is 2. The van der Waals surface area contributed by atoms with E-state index in [1.807, 2.05) is 6.92 Å². The van der Waals surface area contributed by atoms with Crippen LogP contribution in [0.5, 0.6) is 0 Å². The summed E-state index contributed by atoms with van der Waals surface area (Å²) in [4.78, 5) is 0. The molecule has 3 atom stereocenters. The molecule has 2 N–H and O–H groups in total. The second-order valence-electron chi connectivity index (χ2n) is 2.39. The van der Waals surface area contributed by atoms with Crippen molar-refractivity contribution in [1.29, 1.82) is 0 Å². The third kappa shape index (κ3) is 2.34. The fraction of sp³-hybridized carbons (Fsp3) is 1.00. The first kappa shape index (κ1) is 8.71. The number of hydrogen-bond acceptors (Lipinski definition) is 4. The number of aliphatic hydroxyl groups is 2. The highest BCUT2D eigenvalue weighted by Crippen LogP contribution is 2.26. The first-order valence-electron chi connectivity index (χ1n) is 3.29. The summed E-state index contributed by atoms with van der Waals surface area (Å²) in [7, 11) is 0. The van der Waals surface area contributed by atoms with Gasteiger partial charge in [0.05, 0.1) is 6.10 Å². The summed E-state index contributed by atoms with van der Waals surface area (Å²) < 4.78 is 0. The molecule has 0 aromatic carbocycles. The molecule has 0 aromatic heterocycles. The highest BCUT2D eigenvalue weighted by molar-refractivity contribution is 8.04. The van der Waals surface area contributed by atoms with E-state index in [-0.39, 0.29) is 16.8 Å². The van der Waals surface area contributed by atoms with Crippen LogP contribution in [-0.2, 0) is 0 Å². The van der Waals surface area contributed by atoms with Gasteiger partial charge in [0.25, 0.3) is 0 Å². The van der Waals surface area contributed by atoms with E-state index in [0.29, 0.717) is 5.75 Å². The maximum atomic E-state index is 9.32. The van der Waals surface area contributed by atoms with E-state index in [0.717, 1.165) is 5.75 Å². The molecule has 0 spiro atoms. The van der Waals surface area contributed by atoms with Crippen LogP contribution in [0.2, 0.25) is 0 Å². The second kappa shape index (κ2) is 3.85. The van der Waals surface area contributed by atoms with Crippen LogP contribution >= 0.6 is 23.5 Å². The van der Waals surface area contributed by atoms with E-state index in [1.54, 1.807) is 11.8 Å². The summed E-state index contributed by atoms with van der Waals surface area (Å²) in [6.45, 7) is 1.99. The van der Waals surface area contributed by atoms with Gasteiger partial charge in [0.15, 0.2) is 0 Å². The highest BCUT2D eigenvalue weighted by atomic mass is 32.2. The molecule has 4 heteroatoms. The Hall–Kier alpha value is 0.620. The molecule has 0 aromatic rings. The zero-order valence-corrected chi connectivity index (χ0v) is 7.49. The minimum Gasteiger partial charge on any atom is -0.391 e. The molecule has 0 amide bonds. The monoisotopic (exact) mass is 180 g/mol. The SMILES string of the molecule is CC1SCC(O)SCC1O. The molecule has 1 saturated heterocycles. The summed E-state index contributed by atoms with van der Waals surface area (Å²) in [6, 6.07) is 0. The molecule has 2 nitrogen and oxygen atoms in total. The smallest absolute Gasteiger partial charge is 0.108 e. The lowest BCUT2D eigenvalue weighted by molar-refractivity contribution is 0.201. The van der Waals surface area contributed by atoms with Crippen LogP contribution in [-0.4, -0.2) is 38.5 Å². The molecule has 1 heterocycles. The van der Waals surface area contributed by atoms with Crippen molar-refractivity contribution in [3.8, 4) is 0 Å². The third-order valence-corrected chi connectivity index (χ3v) is 4.15. The Morgan fingerprint density at radius 1 is 1.20 bits per heavy atom. The summed E-state index contributed by atoms with van der Waals surface area (Å²) in [5.74, 6) is 1.40. The molecule has 1 fully saturated rings. The third-order valence-electron chi connectivity index (χ3n) is 1.50. The normalized spacial score (nSPS) is 42.9. The van der Waals surface area contributed by atoms with Crippen molar-refractivity contribution in [3.63, 3.8) is 0 Å². The van der Waals surface area contributed by atoms with Gasteiger partial charge in [-0.05, 0) is 0 Å². The van der Waals surface area contributed by atoms with Gasteiger partial charge in [0.2, 0.25) is 0 Å². The fourth-order valence-corrected chi connectivity index (χ4v) is 2.98. The minimum absolute atomic E-state index is 0.257. The first-order valence-corrected chi connectivity index (χ1v) is 5.39. The number of thioether (sulfide) groups is 2. The van der Waals surface area contributed by atoms with Gasteiger partial charge in [0, 0.05) is 16.8 Å². The van der Waals surface area contributed by atoms with Gasteiger partial charge < -0.3 is 10.2 Å². The quantitative estimate of drug-likeness (QED) is 0.570. The van der Waals surface area contributed by atoms with Crippen LogP contribution in [0.25, 0.3) is 0 Å². The van der Waals surface area contributed by atoms with Gasteiger partial charge in [-0.1, -0.05) is 6.92 Å². The van der Waals surface area contributed by atoms with Gasteiger partial charge in [-0.2, -0.15) is 11.8 Å². The molecule has 60 valence electrons. The van der Waals surface area contributed by atoms with E-state index in [2.05, 4.69) is 0 Å². The summed E-state index contributed by atoms with van der Waals surface area (Å²) >= 11 is 3.07. The molecule has 0 saturated carbocycles. The number of aliphatic hydroxyl groups excluding tert-OH is 2. The van der Waals surface area contributed by atoms with Crippen LogP contribution in [0.15, 0.2) is 0 Å². The fourth-order valence-electron chi connectivity index (χ4n) is 0.738. The minimum atomic E-state index is -0.287. The van der Waals surface area contributed by atoms with Crippen molar-refractivity contribution in [2.45, 2.75) is 23.7 Å². The molecule has 3 unspecified atom stereocenters. The average molecular weight is 180 g/mol. The van der Waals surface area contributed by atoms with Crippen LogP contribution in [0.3, 0.4) is 0 Å². The van der Waals surface area contributed by atoms with Crippen molar-refractivity contribution >= 4 is 23.5 Å². The summed E-state index contributed by atoms with van der Waals surface area (Å²) in [5.41, 5.74) is -0.287. The van der Waals surface area contributed by atoms with Crippen LogP contribution in [0.4, 0.5) is 0 Å². The lowest BCUT2D eigenvalue weighted by Crippen LogP contribution is -2.20. The van der Waals surface area contributed by atoms with Gasteiger partial charge in [-0.25, -0.2) is 0 Å². The van der Waals surface area contributed by atoms with Crippen molar-refractivity contribution in [2.24, 2.45) is 0 Å². The maximum absolute atomic E-state index is 9.32. The molecule has 10 heavy (non-hydrogen) atoms. The first-order chi connectivity index (χ1) is 4.70. The molecule has 1 aliphatic rings. The standard InChI is InChI=1S/C6H12O2S2/c1-4-5(7)2-10-6(8)3-9-4/h4-8H,2-3H2,1H3. The Balaban J connectivity index is 2.38. The Kier molecular flexibility index (Phi) is 3.36. The zero-order valence-electron chi connectivity index (χ0n) is 5.86. The topological polar surface area (TPSA) is 40.5 Å². The van der Waals surface area contributed by atoms with E-state index >= 15 is 0 Å². The van der Waals surface area contributed by atoms with Gasteiger partial charge >= 0.3 is 0 Å². The van der Waals surface area contributed by atoms with Crippen LogP contribution in [0, 0.1) is 0 Å². The predicted molar refractivity (Wildman–Crippen MR) is 46.4 cm³/mol. The Morgan fingerprint density at radius 3 is 2.60 bits per heavy atom. The molecular weight excluding hydrogens is 168 g/mol. The molecule has 0 aliphatic carbocycles. The van der Waals surface area contributed by atoms with E-state index in [1.165, 1.54) is 11.8 Å². The summed E-state index contributed by atoms with van der Waals surface area (Å²) in [5, 5.41) is 18.7. The lowest BCUT2D eigenvalue weighted by Gasteiger charge is -2.12. The van der Waals surface area contributed by atoms with Crippen molar-refractivity contribution in [1.82, 2.24) is 0 Å². The van der Waals surface area contributed by atoms with Crippen molar-refractivity contribution in [3.05, 3.63) is 0 Å². The Bertz CT molecular complexity index is 97.9. The maximum Gasteiger partial charge on any atom is 0.108 e. The second-order valence-corrected chi connectivity index (χ2v) is 5.01. The average Bonchev–Trinajstić information content (AvgIpc) is 2.04. The molecule has 0 bridgehead atoms. The van der Waals surface area contributed by atoms with E-state index in [4.69, 9.17) is 5.11 Å². The molecule has 0 radical (unpaired) electrons. The molecular formula is C6H12O2S2. The van der Waals surface area contributed by atoms with Crippen LogP contribution in [0.1, 0.15) is 6.92 Å². The van der Waals surface area contributed by atoms with Crippen LogP contribution < -0.4 is 0 Å². The zero-order chi connectivity index (χ0) is 7.56. The largest absolute Gasteiger partial charge is 0.391 e. The van der Waals surface area contributed by atoms with E-state index in [9.17, 15) is 5.11 Å². The van der Waals surface area contributed by atoms with E-state index < -0.39 is 0 Å². The Labute approximate surface area is 69.4 Å². The highest BCUT2D eigenvalue weighted by Gasteiger charge is 2.21. The van der Waals surface area contributed by atoms with Crippen molar-refractivity contribution in [2.75, 3.05) is 11.5 Å². The van der Waals surface area contributed by atoms with Crippen molar-refractivity contribution < 1.29 is 10.2 Å². The van der Waals surface area contributed by atoms with Gasteiger partial charge in [0.1, 0.15) is 5.44 Å². The Morgan fingerprint density at radius 2 is 1.90 bits per heavy atom. The van der Waals surface area contributed by atoms with Gasteiger partial charge in [-0.15, -0.1) is 11.8 Å². The summed E-state index contributed by atoms with van der Waals surface area (Å²) in [6.07, 6.45) is -0.257. The molecule has 1 rings (SSSR count).